The van der Waals surface area contributed by atoms with Gasteiger partial charge in [0.2, 0.25) is 0 Å². The van der Waals surface area contributed by atoms with Gasteiger partial charge in [0.25, 0.3) is 0 Å². The molecule has 0 atom stereocenters. The van der Waals surface area contributed by atoms with Gasteiger partial charge in [0.15, 0.2) is 0 Å². The number of fused-ring (bicyclic) bond motifs is 6. The molecular formula is C38H32IrN2Si-2. The van der Waals surface area contributed by atoms with Gasteiger partial charge in [-0.1, -0.05) is 108 Å². The van der Waals surface area contributed by atoms with Crippen molar-refractivity contribution >= 4 is 45.6 Å². The van der Waals surface area contributed by atoms with Crippen molar-refractivity contribution < 1.29 is 20.1 Å². The average Bonchev–Trinajstić information content (AvgIpc) is 3.01. The van der Waals surface area contributed by atoms with Gasteiger partial charge in [-0.05, 0) is 45.7 Å². The number of pyridine rings is 2. The fourth-order valence-corrected chi connectivity index (χ4v) is 7.26. The summed E-state index contributed by atoms with van der Waals surface area (Å²) in [6.45, 7) is 9.32. The summed E-state index contributed by atoms with van der Waals surface area (Å²) < 4.78 is 0. The van der Waals surface area contributed by atoms with Crippen molar-refractivity contribution in [2.24, 2.45) is 0 Å². The van der Waals surface area contributed by atoms with Crippen LogP contribution >= 0.6 is 0 Å². The van der Waals surface area contributed by atoms with E-state index < -0.39 is 8.07 Å². The maximum atomic E-state index is 4.83. The zero-order chi connectivity index (χ0) is 28.4. The number of rotatable bonds is 3. The molecule has 2 aromatic heterocycles. The Labute approximate surface area is 262 Å². The van der Waals surface area contributed by atoms with Gasteiger partial charge in [-0.15, -0.1) is 59.7 Å². The second-order valence-electron chi connectivity index (χ2n) is 11.4. The first-order valence-electron chi connectivity index (χ1n) is 14.0. The topological polar surface area (TPSA) is 25.8 Å². The summed E-state index contributed by atoms with van der Waals surface area (Å²) in [5.41, 5.74) is 5.41. The van der Waals surface area contributed by atoms with Gasteiger partial charge in [-0.25, -0.2) is 0 Å². The van der Waals surface area contributed by atoms with Crippen molar-refractivity contribution in [3.05, 3.63) is 139 Å². The van der Waals surface area contributed by atoms with E-state index in [1.54, 1.807) is 6.20 Å². The third kappa shape index (κ3) is 5.98. The zero-order valence-corrected chi connectivity index (χ0v) is 27.7. The number of aromatic nitrogens is 2. The van der Waals surface area contributed by atoms with E-state index in [4.69, 9.17) is 4.98 Å². The summed E-state index contributed by atoms with van der Waals surface area (Å²) in [7, 11) is -1.38. The Morgan fingerprint density at radius 1 is 0.571 bits per heavy atom. The molecule has 42 heavy (non-hydrogen) atoms. The molecule has 1 radical (unpaired) electrons. The van der Waals surface area contributed by atoms with Crippen LogP contribution in [0.25, 0.3) is 54.8 Å². The molecule has 0 aliphatic heterocycles. The summed E-state index contributed by atoms with van der Waals surface area (Å²) in [6, 6.07) is 44.3. The van der Waals surface area contributed by atoms with Crippen molar-refractivity contribution in [2.75, 3.05) is 0 Å². The van der Waals surface area contributed by atoms with Crippen molar-refractivity contribution in [3.8, 4) is 22.5 Å². The maximum absolute atomic E-state index is 4.83. The van der Waals surface area contributed by atoms with Crippen LogP contribution in [0, 0.1) is 19.1 Å². The van der Waals surface area contributed by atoms with E-state index in [2.05, 4.69) is 117 Å². The van der Waals surface area contributed by atoms with Crippen LogP contribution in [0.5, 0.6) is 0 Å². The van der Waals surface area contributed by atoms with Crippen LogP contribution in [-0.2, 0) is 20.1 Å². The quantitative estimate of drug-likeness (QED) is 0.103. The average molecular weight is 737 g/mol. The van der Waals surface area contributed by atoms with Crippen molar-refractivity contribution in [2.45, 2.75) is 26.6 Å². The molecule has 2 heterocycles. The first-order valence-corrected chi connectivity index (χ1v) is 17.5. The van der Waals surface area contributed by atoms with Crippen molar-refractivity contribution in [3.63, 3.8) is 0 Å². The van der Waals surface area contributed by atoms with Gasteiger partial charge in [-0.2, -0.15) is 0 Å². The van der Waals surface area contributed by atoms with Crippen molar-refractivity contribution in [1.29, 1.82) is 0 Å². The predicted molar refractivity (Wildman–Crippen MR) is 177 cm³/mol. The zero-order valence-electron chi connectivity index (χ0n) is 24.3. The van der Waals surface area contributed by atoms with Crippen molar-refractivity contribution in [1.82, 2.24) is 9.97 Å². The number of benzene rings is 5. The molecule has 7 rings (SSSR count). The molecule has 7 aromatic rings. The fourth-order valence-electron chi connectivity index (χ4n) is 5.55. The second-order valence-corrected chi connectivity index (χ2v) is 16.4. The molecule has 209 valence electrons. The smallest absolute Gasteiger partial charge is 0.0798 e. The van der Waals surface area contributed by atoms with E-state index in [0.29, 0.717) is 0 Å². The van der Waals surface area contributed by atoms with Gasteiger partial charge in [0.05, 0.1) is 8.07 Å². The van der Waals surface area contributed by atoms with Gasteiger partial charge in [0.1, 0.15) is 0 Å². The monoisotopic (exact) mass is 737 g/mol. The number of aryl methyl sites for hydroxylation is 1. The predicted octanol–water partition coefficient (Wildman–Crippen LogP) is 9.41. The third-order valence-electron chi connectivity index (χ3n) is 7.52. The van der Waals surface area contributed by atoms with Gasteiger partial charge in [-0.3, -0.25) is 0 Å². The van der Waals surface area contributed by atoms with Crippen LogP contribution in [-0.4, -0.2) is 18.0 Å². The molecule has 0 N–H and O–H groups in total. The molecule has 0 fully saturated rings. The maximum Gasteiger partial charge on any atom is 0.0798 e. The summed E-state index contributed by atoms with van der Waals surface area (Å²) in [5, 5.41) is 9.10. The van der Waals surface area contributed by atoms with E-state index in [1.165, 1.54) is 43.1 Å². The van der Waals surface area contributed by atoms with Crippen LogP contribution in [0.2, 0.25) is 19.6 Å². The Bertz CT molecular complexity index is 1910. The van der Waals surface area contributed by atoms with Gasteiger partial charge < -0.3 is 9.97 Å². The Morgan fingerprint density at radius 3 is 1.76 bits per heavy atom. The Morgan fingerprint density at radius 2 is 1.19 bits per heavy atom. The molecule has 0 spiro atoms. The minimum absolute atomic E-state index is 0. The molecule has 0 unspecified atom stereocenters. The van der Waals surface area contributed by atoms with Crippen LogP contribution in [0.1, 0.15) is 5.56 Å². The number of hydrogen-bond donors (Lipinski definition) is 0. The minimum atomic E-state index is -1.38. The van der Waals surface area contributed by atoms with E-state index in [0.717, 1.165) is 22.5 Å². The molecule has 0 aliphatic carbocycles. The molecular weight excluding hydrogens is 705 g/mol. The van der Waals surface area contributed by atoms with Crippen LogP contribution in [0.15, 0.2) is 122 Å². The molecule has 5 aromatic carbocycles. The van der Waals surface area contributed by atoms with E-state index in [9.17, 15) is 0 Å². The van der Waals surface area contributed by atoms with Gasteiger partial charge in [0, 0.05) is 32.5 Å². The van der Waals surface area contributed by atoms with Crippen LogP contribution in [0.4, 0.5) is 0 Å². The molecule has 0 bridgehead atoms. The van der Waals surface area contributed by atoms with E-state index in [1.807, 2.05) is 42.5 Å². The molecule has 0 aliphatic rings. The Hall–Kier alpha value is -3.95. The number of nitrogens with zero attached hydrogens (tertiary/aromatic N) is 2. The molecule has 0 saturated carbocycles. The van der Waals surface area contributed by atoms with Crippen LogP contribution in [0.3, 0.4) is 0 Å². The Kier molecular flexibility index (Phi) is 8.79. The first kappa shape index (κ1) is 29.5. The number of hydrogen-bond acceptors (Lipinski definition) is 2. The first-order chi connectivity index (χ1) is 19.9. The standard InChI is InChI=1S/C27H24NSi.C11H8N.Ir/c1-18-15-26(28-17-27(18)29(2,3)4)19-13-14-24-22-11-6-5-9-20(22)21-10-7-8-12-23(21)25(24)16-19;1-2-6-10(7-3-1)11-8-4-5-9-12-11;/h5-12,14-17H,1-4H3;1-6,8-9H;/q2*-1;. The largest absolute Gasteiger partial charge is 0.305 e. The van der Waals surface area contributed by atoms with Gasteiger partial charge >= 0.3 is 0 Å². The summed E-state index contributed by atoms with van der Waals surface area (Å²) in [5.74, 6) is 0. The normalized spacial score (nSPS) is 11.1. The molecule has 0 amide bonds. The summed E-state index contributed by atoms with van der Waals surface area (Å²) in [4.78, 5) is 9.05. The van der Waals surface area contributed by atoms with E-state index in [-0.39, 0.29) is 20.1 Å². The second kappa shape index (κ2) is 12.5. The minimum Gasteiger partial charge on any atom is -0.305 e. The SMILES string of the molecule is Cc1cc(-c2[c-]cc3c4ccccc4c4ccccc4c3c2)ncc1[Si](C)(C)C.[Ir].[c-]1ccccc1-c1ccccn1. The summed E-state index contributed by atoms with van der Waals surface area (Å²) in [6.07, 6.45) is 3.88. The van der Waals surface area contributed by atoms with E-state index >= 15 is 0 Å². The fraction of sp³-hybridized carbons (Fsp3) is 0.105. The summed E-state index contributed by atoms with van der Waals surface area (Å²) >= 11 is 0. The third-order valence-corrected chi connectivity index (χ3v) is 9.66. The molecule has 0 saturated heterocycles. The van der Waals surface area contributed by atoms with Crippen LogP contribution < -0.4 is 5.19 Å². The Balaban J connectivity index is 0.000000228. The molecule has 4 heteroatoms. The molecule has 2 nitrogen and oxygen atoms in total.